The third-order valence-electron chi connectivity index (χ3n) is 4.23. The van der Waals surface area contributed by atoms with Gasteiger partial charge in [-0.3, -0.25) is 4.79 Å². The molecule has 3 rings (SSSR count). The maximum Gasteiger partial charge on any atom is 0.252 e. The van der Waals surface area contributed by atoms with Gasteiger partial charge in [0.1, 0.15) is 9.96 Å². The molecule has 0 spiro atoms. The van der Waals surface area contributed by atoms with Gasteiger partial charge in [-0.1, -0.05) is 17.7 Å². The highest BCUT2D eigenvalue weighted by Gasteiger charge is 2.34. The number of rotatable bonds is 5. The van der Waals surface area contributed by atoms with E-state index >= 15 is 0 Å². The number of thiophene rings is 1. The molecule has 0 saturated carbocycles. The van der Waals surface area contributed by atoms with E-state index in [2.05, 4.69) is 5.32 Å². The van der Waals surface area contributed by atoms with Crippen LogP contribution in [0.2, 0.25) is 4.34 Å². The smallest absolute Gasteiger partial charge is 0.252 e. The first-order valence-corrected chi connectivity index (χ1v) is 10.7. The van der Waals surface area contributed by atoms with Crippen LogP contribution in [0.5, 0.6) is 5.75 Å². The van der Waals surface area contributed by atoms with Crippen molar-refractivity contribution in [2.24, 2.45) is 5.92 Å². The molecule has 0 bridgehead atoms. The number of piperidine rings is 1. The largest absolute Gasteiger partial charge is 0.497 e. The van der Waals surface area contributed by atoms with Crippen molar-refractivity contribution in [2.75, 3.05) is 25.5 Å². The Kier molecular flexibility index (Phi) is 5.86. The van der Waals surface area contributed by atoms with Crippen molar-refractivity contribution in [1.82, 2.24) is 4.31 Å². The van der Waals surface area contributed by atoms with Gasteiger partial charge in [0.05, 0.1) is 17.4 Å². The topological polar surface area (TPSA) is 75.7 Å². The number of ether oxygens (including phenoxy) is 1. The van der Waals surface area contributed by atoms with Crippen LogP contribution in [0.1, 0.15) is 12.8 Å². The van der Waals surface area contributed by atoms with Gasteiger partial charge in [-0.15, -0.1) is 11.3 Å². The van der Waals surface area contributed by atoms with E-state index in [0.29, 0.717) is 35.2 Å². The average Bonchev–Trinajstić information content (AvgIpc) is 3.09. The normalized spacial score (nSPS) is 18.5. The molecule has 1 aromatic carbocycles. The third-order valence-corrected chi connectivity index (χ3v) is 7.80. The second-order valence-corrected chi connectivity index (χ2v) is 9.86. The maximum atomic E-state index is 12.7. The Morgan fingerprint density at radius 3 is 2.85 bits per heavy atom. The second-order valence-electron chi connectivity index (χ2n) is 5.98. The molecule has 1 unspecified atom stereocenters. The summed E-state index contributed by atoms with van der Waals surface area (Å²) in [5.41, 5.74) is 0.624. The SMILES string of the molecule is COc1cccc(NC(=O)C2CCCN(S(=O)(=O)c3ccc(Cl)s3)C2)c1. The number of nitrogens with one attached hydrogen (secondary N) is 1. The van der Waals surface area contributed by atoms with E-state index in [1.54, 1.807) is 37.4 Å². The van der Waals surface area contributed by atoms with Gasteiger partial charge in [0.25, 0.3) is 10.0 Å². The van der Waals surface area contributed by atoms with Crippen LogP contribution in [-0.4, -0.2) is 38.8 Å². The molecule has 140 valence electrons. The number of amides is 1. The predicted octanol–water partition coefficient (Wildman–Crippen LogP) is 3.45. The zero-order valence-corrected chi connectivity index (χ0v) is 16.5. The van der Waals surface area contributed by atoms with Crippen molar-refractivity contribution in [2.45, 2.75) is 17.1 Å². The molecule has 6 nitrogen and oxygen atoms in total. The Labute approximate surface area is 161 Å². The lowest BCUT2D eigenvalue weighted by atomic mass is 9.98. The Morgan fingerprint density at radius 1 is 1.35 bits per heavy atom. The van der Waals surface area contributed by atoms with Gasteiger partial charge in [0.15, 0.2) is 0 Å². The van der Waals surface area contributed by atoms with Crippen molar-refractivity contribution in [3.63, 3.8) is 0 Å². The summed E-state index contributed by atoms with van der Waals surface area (Å²) in [6.45, 7) is 0.564. The van der Waals surface area contributed by atoms with Crippen LogP contribution in [0.3, 0.4) is 0 Å². The Bertz CT molecular complexity index is 898. The summed E-state index contributed by atoms with van der Waals surface area (Å²) in [7, 11) is -2.07. The molecule has 2 aromatic rings. The van der Waals surface area contributed by atoms with E-state index in [1.165, 1.54) is 10.4 Å². The van der Waals surface area contributed by atoms with Crippen molar-refractivity contribution in [3.05, 3.63) is 40.7 Å². The molecule has 2 heterocycles. The number of halogens is 1. The number of anilines is 1. The number of methoxy groups -OCH3 is 1. The van der Waals surface area contributed by atoms with Gasteiger partial charge in [-0.05, 0) is 37.1 Å². The molecule has 1 fully saturated rings. The summed E-state index contributed by atoms with van der Waals surface area (Å²) in [5.74, 6) is 0.0488. The van der Waals surface area contributed by atoms with Crippen molar-refractivity contribution < 1.29 is 17.9 Å². The molecule has 26 heavy (non-hydrogen) atoms. The summed E-state index contributed by atoms with van der Waals surface area (Å²) >= 11 is 6.89. The first kappa shape index (κ1) is 19.2. The van der Waals surface area contributed by atoms with Crippen LogP contribution in [0, 0.1) is 5.92 Å². The number of nitrogens with zero attached hydrogens (tertiary/aromatic N) is 1. The van der Waals surface area contributed by atoms with Gasteiger partial charge >= 0.3 is 0 Å². The van der Waals surface area contributed by atoms with Crippen LogP contribution >= 0.6 is 22.9 Å². The molecule has 1 aliphatic heterocycles. The first-order valence-electron chi connectivity index (χ1n) is 8.10. The van der Waals surface area contributed by atoms with Gasteiger partial charge in [-0.25, -0.2) is 8.42 Å². The molecule has 1 aliphatic rings. The van der Waals surface area contributed by atoms with Crippen LogP contribution in [-0.2, 0) is 14.8 Å². The van der Waals surface area contributed by atoms with Crippen molar-refractivity contribution in [1.29, 1.82) is 0 Å². The minimum absolute atomic E-state index is 0.160. The summed E-state index contributed by atoms with van der Waals surface area (Å²) < 4.78 is 32.6. The number of hydrogen-bond donors (Lipinski definition) is 1. The third kappa shape index (κ3) is 4.20. The van der Waals surface area contributed by atoms with E-state index in [4.69, 9.17) is 16.3 Å². The minimum atomic E-state index is -3.62. The number of hydrogen-bond acceptors (Lipinski definition) is 5. The Morgan fingerprint density at radius 2 is 2.15 bits per heavy atom. The molecule has 1 atom stereocenters. The van der Waals surface area contributed by atoms with E-state index < -0.39 is 15.9 Å². The summed E-state index contributed by atoms with van der Waals surface area (Å²) in [5, 5.41) is 2.84. The standard InChI is InChI=1S/C17H19ClN2O4S2/c1-24-14-6-2-5-13(10-14)19-17(21)12-4-3-9-20(11-12)26(22,23)16-8-7-15(18)25-16/h2,5-8,10,12H,3-4,9,11H2,1H3,(H,19,21). The molecule has 1 aromatic heterocycles. The first-order chi connectivity index (χ1) is 12.4. The molecular weight excluding hydrogens is 396 g/mol. The average molecular weight is 415 g/mol. The van der Waals surface area contributed by atoms with Crippen LogP contribution in [0.15, 0.2) is 40.6 Å². The van der Waals surface area contributed by atoms with Crippen LogP contribution in [0.4, 0.5) is 5.69 Å². The molecule has 0 aliphatic carbocycles. The van der Waals surface area contributed by atoms with Gasteiger partial charge in [0.2, 0.25) is 5.91 Å². The fraction of sp³-hybridized carbons (Fsp3) is 0.353. The summed E-state index contributed by atoms with van der Waals surface area (Å²) in [6, 6.07) is 10.1. The van der Waals surface area contributed by atoms with Crippen LogP contribution < -0.4 is 10.1 Å². The molecule has 9 heteroatoms. The number of carbonyl (C=O) groups excluding carboxylic acids is 1. The number of carbonyl (C=O) groups is 1. The van der Waals surface area contributed by atoms with Gasteiger partial charge in [-0.2, -0.15) is 4.31 Å². The maximum absolute atomic E-state index is 12.7. The summed E-state index contributed by atoms with van der Waals surface area (Å²) in [4.78, 5) is 12.6. The lowest BCUT2D eigenvalue weighted by Gasteiger charge is -2.30. The highest BCUT2D eigenvalue weighted by atomic mass is 35.5. The van der Waals surface area contributed by atoms with E-state index in [9.17, 15) is 13.2 Å². The van der Waals surface area contributed by atoms with Crippen molar-refractivity contribution >= 4 is 44.6 Å². The summed E-state index contributed by atoms with van der Waals surface area (Å²) in [6.07, 6.45) is 1.28. The molecule has 1 saturated heterocycles. The molecular formula is C17H19ClN2O4S2. The van der Waals surface area contributed by atoms with Crippen LogP contribution in [0.25, 0.3) is 0 Å². The predicted molar refractivity (Wildman–Crippen MR) is 102 cm³/mol. The van der Waals surface area contributed by atoms with E-state index in [0.717, 1.165) is 11.3 Å². The quantitative estimate of drug-likeness (QED) is 0.813. The zero-order valence-electron chi connectivity index (χ0n) is 14.1. The van der Waals surface area contributed by atoms with Crippen molar-refractivity contribution in [3.8, 4) is 5.75 Å². The van der Waals surface area contributed by atoms with E-state index in [1.807, 2.05) is 0 Å². The lowest BCUT2D eigenvalue weighted by molar-refractivity contribution is -0.120. The fourth-order valence-corrected chi connectivity index (χ4v) is 6.04. The van der Waals surface area contributed by atoms with E-state index in [-0.39, 0.29) is 16.7 Å². The highest BCUT2D eigenvalue weighted by Crippen LogP contribution is 2.31. The Hall–Kier alpha value is -1.61. The number of sulfonamides is 1. The lowest BCUT2D eigenvalue weighted by Crippen LogP contribution is -2.43. The highest BCUT2D eigenvalue weighted by molar-refractivity contribution is 7.91. The minimum Gasteiger partial charge on any atom is -0.497 e. The Balaban J connectivity index is 1.70. The zero-order chi connectivity index (χ0) is 18.7. The van der Waals surface area contributed by atoms with Gasteiger partial charge in [0, 0.05) is 24.8 Å². The molecule has 0 radical (unpaired) electrons. The molecule has 1 amide bonds. The van der Waals surface area contributed by atoms with Gasteiger partial charge < -0.3 is 10.1 Å². The fourth-order valence-electron chi connectivity index (χ4n) is 2.88. The molecule has 1 N–H and O–H groups in total. The number of benzene rings is 1. The second kappa shape index (κ2) is 7.96. The monoisotopic (exact) mass is 414 g/mol.